The number of nitrogens with zero attached hydrogens (tertiary/aromatic N) is 1. The van der Waals surface area contributed by atoms with Gasteiger partial charge in [-0.25, -0.2) is 5.43 Å². The fraction of sp³-hybridized carbons (Fsp3) is 0.176. The van der Waals surface area contributed by atoms with Crippen molar-refractivity contribution in [2.24, 2.45) is 5.10 Å². The number of nitrogens with one attached hydrogen (secondary N) is 1. The first kappa shape index (κ1) is 16.3. The van der Waals surface area contributed by atoms with Gasteiger partial charge in [0.05, 0.1) is 17.8 Å². The highest BCUT2D eigenvalue weighted by Gasteiger charge is 2.14. The topological polar surface area (TPSA) is 69.2 Å². The highest BCUT2D eigenvalue weighted by molar-refractivity contribution is 9.10. The van der Waals surface area contributed by atoms with Crippen LogP contribution in [0.15, 0.2) is 46.0 Å². The fourth-order valence-electron chi connectivity index (χ4n) is 2.18. The maximum atomic E-state index is 12.1. The minimum Gasteiger partial charge on any atom is -0.496 e. The van der Waals surface area contributed by atoms with E-state index in [4.69, 9.17) is 14.2 Å². The molecule has 24 heavy (non-hydrogen) atoms. The van der Waals surface area contributed by atoms with Gasteiger partial charge in [-0.3, -0.25) is 4.79 Å². The van der Waals surface area contributed by atoms with E-state index in [1.807, 2.05) is 18.2 Å². The van der Waals surface area contributed by atoms with Crippen molar-refractivity contribution in [3.63, 3.8) is 0 Å². The smallest absolute Gasteiger partial charge is 0.271 e. The second-order valence-electron chi connectivity index (χ2n) is 4.95. The number of carbonyl (C=O) groups excluding carboxylic acids is 1. The lowest BCUT2D eigenvalue weighted by molar-refractivity contribution is 0.0954. The average Bonchev–Trinajstić information content (AvgIpc) is 2.61. The summed E-state index contributed by atoms with van der Waals surface area (Å²) in [5, 5.41) is 3.97. The molecular formula is C17H15BrN2O4. The van der Waals surface area contributed by atoms with Crippen LogP contribution in [0.1, 0.15) is 15.9 Å². The van der Waals surface area contributed by atoms with Crippen LogP contribution in [0.25, 0.3) is 0 Å². The van der Waals surface area contributed by atoms with Gasteiger partial charge in [-0.1, -0.05) is 0 Å². The molecule has 2 aromatic carbocycles. The monoisotopic (exact) mass is 390 g/mol. The number of ether oxygens (including phenoxy) is 3. The normalized spacial score (nSPS) is 12.9. The van der Waals surface area contributed by atoms with Crippen molar-refractivity contribution in [3.05, 3.63) is 52.0 Å². The van der Waals surface area contributed by atoms with Crippen LogP contribution in [0.4, 0.5) is 0 Å². The minimum atomic E-state index is -0.323. The van der Waals surface area contributed by atoms with Gasteiger partial charge in [-0.2, -0.15) is 5.10 Å². The first-order valence-corrected chi connectivity index (χ1v) is 8.03. The third-order valence-electron chi connectivity index (χ3n) is 3.36. The Labute approximate surface area is 147 Å². The van der Waals surface area contributed by atoms with E-state index in [1.54, 1.807) is 31.5 Å². The SMILES string of the molecule is COc1ccc(C=NNC(=O)c2ccc3c(c2)OCCO3)cc1Br. The number of rotatable bonds is 4. The van der Waals surface area contributed by atoms with E-state index in [9.17, 15) is 4.79 Å². The Balaban J connectivity index is 1.66. The molecule has 6 nitrogen and oxygen atoms in total. The second kappa shape index (κ2) is 7.35. The van der Waals surface area contributed by atoms with Crippen LogP contribution in [0.5, 0.6) is 17.2 Å². The Kier molecular flexibility index (Phi) is 5.00. The summed E-state index contributed by atoms with van der Waals surface area (Å²) < 4.78 is 16.9. The molecule has 7 heteroatoms. The number of hydrazone groups is 1. The maximum Gasteiger partial charge on any atom is 0.271 e. The van der Waals surface area contributed by atoms with Gasteiger partial charge in [-0.05, 0) is 57.9 Å². The summed E-state index contributed by atoms with van der Waals surface area (Å²) in [6.07, 6.45) is 1.56. The van der Waals surface area contributed by atoms with E-state index in [0.717, 1.165) is 15.8 Å². The molecule has 0 fully saturated rings. The van der Waals surface area contributed by atoms with Crippen LogP contribution >= 0.6 is 15.9 Å². The molecule has 0 aliphatic carbocycles. The minimum absolute atomic E-state index is 0.323. The van der Waals surface area contributed by atoms with E-state index in [0.29, 0.717) is 30.3 Å². The van der Waals surface area contributed by atoms with Crippen LogP contribution in [0, 0.1) is 0 Å². The highest BCUT2D eigenvalue weighted by Crippen LogP contribution is 2.30. The van der Waals surface area contributed by atoms with E-state index in [-0.39, 0.29) is 5.91 Å². The van der Waals surface area contributed by atoms with Crippen LogP contribution in [-0.2, 0) is 0 Å². The molecule has 2 aromatic rings. The number of amides is 1. The summed E-state index contributed by atoms with van der Waals surface area (Å²) in [7, 11) is 1.60. The molecular weight excluding hydrogens is 376 g/mol. The third-order valence-corrected chi connectivity index (χ3v) is 3.98. The van der Waals surface area contributed by atoms with Crippen molar-refractivity contribution in [2.75, 3.05) is 20.3 Å². The molecule has 3 rings (SSSR count). The van der Waals surface area contributed by atoms with Crippen LogP contribution in [-0.4, -0.2) is 32.4 Å². The van der Waals surface area contributed by atoms with Gasteiger partial charge < -0.3 is 14.2 Å². The number of benzene rings is 2. The quantitative estimate of drug-likeness (QED) is 0.643. The molecule has 0 spiro atoms. The number of methoxy groups -OCH3 is 1. The summed E-state index contributed by atoms with van der Waals surface area (Å²) in [5.74, 6) is 1.62. The third kappa shape index (κ3) is 3.68. The molecule has 0 unspecified atom stereocenters. The van der Waals surface area contributed by atoms with E-state index in [2.05, 4.69) is 26.5 Å². The van der Waals surface area contributed by atoms with Gasteiger partial charge in [0.2, 0.25) is 0 Å². The average molecular weight is 391 g/mol. The Morgan fingerprint density at radius 1 is 1.21 bits per heavy atom. The Bertz CT molecular complexity index is 792. The van der Waals surface area contributed by atoms with Gasteiger partial charge in [0.15, 0.2) is 11.5 Å². The zero-order chi connectivity index (χ0) is 16.9. The largest absolute Gasteiger partial charge is 0.496 e. The van der Waals surface area contributed by atoms with Crippen molar-refractivity contribution in [3.8, 4) is 17.2 Å². The van der Waals surface area contributed by atoms with Crippen molar-refractivity contribution >= 4 is 28.1 Å². The molecule has 0 saturated carbocycles. The molecule has 0 saturated heterocycles. The van der Waals surface area contributed by atoms with Crippen molar-refractivity contribution in [2.45, 2.75) is 0 Å². The molecule has 0 bridgehead atoms. The van der Waals surface area contributed by atoms with Crippen LogP contribution in [0.2, 0.25) is 0 Å². The molecule has 1 heterocycles. The van der Waals surface area contributed by atoms with Crippen LogP contribution < -0.4 is 19.6 Å². The fourth-order valence-corrected chi connectivity index (χ4v) is 2.74. The highest BCUT2D eigenvalue weighted by atomic mass is 79.9. The lowest BCUT2D eigenvalue weighted by Gasteiger charge is -2.18. The second-order valence-corrected chi connectivity index (χ2v) is 5.81. The summed E-state index contributed by atoms with van der Waals surface area (Å²) in [6, 6.07) is 10.5. The molecule has 1 aliphatic rings. The van der Waals surface area contributed by atoms with Gasteiger partial charge in [-0.15, -0.1) is 0 Å². The first-order valence-electron chi connectivity index (χ1n) is 7.24. The Morgan fingerprint density at radius 2 is 2.00 bits per heavy atom. The molecule has 0 aromatic heterocycles. The predicted octanol–water partition coefficient (Wildman–Crippen LogP) is 2.99. The van der Waals surface area contributed by atoms with Crippen LogP contribution in [0.3, 0.4) is 0 Å². The van der Waals surface area contributed by atoms with Crippen molar-refractivity contribution < 1.29 is 19.0 Å². The molecule has 124 valence electrons. The summed E-state index contributed by atoms with van der Waals surface area (Å²) in [6.45, 7) is 0.989. The predicted molar refractivity (Wildman–Crippen MR) is 93.2 cm³/mol. The molecule has 1 N–H and O–H groups in total. The zero-order valence-electron chi connectivity index (χ0n) is 12.9. The number of hydrogen-bond acceptors (Lipinski definition) is 5. The first-order chi connectivity index (χ1) is 11.7. The molecule has 1 amide bonds. The zero-order valence-corrected chi connectivity index (χ0v) is 14.5. The number of carbonyl (C=O) groups is 1. The van der Waals surface area contributed by atoms with E-state index in [1.165, 1.54) is 0 Å². The van der Waals surface area contributed by atoms with Gasteiger partial charge in [0.25, 0.3) is 5.91 Å². The standard InChI is InChI=1S/C17H15BrN2O4/c1-22-14-4-2-11(8-13(14)18)10-19-20-17(21)12-3-5-15-16(9-12)24-7-6-23-15/h2-5,8-10H,6-7H2,1H3,(H,20,21). The summed E-state index contributed by atoms with van der Waals surface area (Å²) in [4.78, 5) is 12.1. The van der Waals surface area contributed by atoms with Gasteiger partial charge >= 0.3 is 0 Å². The summed E-state index contributed by atoms with van der Waals surface area (Å²) in [5.41, 5.74) is 3.77. The Morgan fingerprint density at radius 3 is 2.75 bits per heavy atom. The maximum absolute atomic E-state index is 12.1. The van der Waals surface area contributed by atoms with E-state index >= 15 is 0 Å². The molecule has 0 radical (unpaired) electrons. The summed E-state index contributed by atoms with van der Waals surface area (Å²) >= 11 is 3.40. The lowest BCUT2D eigenvalue weighted by atomic mass is 10.2. The Hall–Kier alpha value is -2.54. The van der Waals surface area contributed by atoms with Crippen molar-refractivity contribution in [1.82, 2.24) is 5.43 Å². The number of hydrogen-bond donors (Lipinski definition) is 1. The molecule has 1 aliphatic heterocycles. The van der Waals surface area contributed by atoms with E-state index < -0.39 is 0 Å². The number of halogens is 1. The number of fused-ring (bicyclic) bond motifs is 1. The van der Waals surface area contributed by atoms with Gasteiger partial charge in [0.1, 0.15) is 19.0 Å². The van der Waals surface area contributed by atoms with Crippen molar-refractivity contribution in [1.29, 1.82) is 0 Å². The van der Waals surface area contributed by atoms with Gasteiger partial charge in [0, 0.05) is 5.56 Å². The lowest BCUT2D eigenvalue weighted by Crippen LogP contribution is -2.19. The molecule has 0 atom stereocenters.